The zero-order valence-corrected chi connectivity index (χ0v) is 28.6. The molecule has 4 aliphatic rings. The fourth-order valence-corrected chi connectivity index (χ4v) is 9.56. The molecule has 0 unspecified atom stereocenters. The van der Waals surface area contributed by atoms with Crippen molar-refractivity contribution in [1.82, 2.24) is 10.5 Å². The monoisotopic (exact) mass is 709 g/mol. The Morgan fingerprint density at radius 3 is 2.35 bits per heavy atom. The first-order chi connectivity index (χ1) is 24.0. The molecular formula is C39H40F5N3O4. The zero-order chi connectivity index (χ0) is 36.5. The van der Waals surface area contributed by atoms with Crippen LogP contribution in [0, 0.1) is 31.1 Å². The number of rotatable bonds is 6. The first-order valence-corrected chi connectivity index (χ1v) is 17.3. The van der Waals surface area contributed by atoms with Crippen LogP contribution in [0.5, 0.6) is 0 Å². The molecule has 0 bridgehead atoms. The van der Waals surface area contributed by atoms with E-state index in [0.717, 1.165) is 44.7 Å². The summed E-state index contributed by atoms with van der Waals surface area (Å²) >= 11 is 0. The summed E-state index contributed by atoms with van der Waals surface area (Å²) in [5.41, 5.74) is 2.61. The molecule has 12 heteroatoms. The number of nitrogens with zero attached hydrogens (tertiary/aromatic N) is 1. The summed E-state index contributed by atoms with van der Waals surface area (Å²) in [6.07, 6.45) is -3.05. The first-order valence-electron chi connectivity index (χ1n) is 17.3. The van der Waals surface area contributed by atoms with Crippen molar-refractivity contribution in [3.8, 4) is 11.1 Å². The number of carbonyl (C=O) groups excluding carboxylic acids is 2. The van der Waals surface area contributed by atoms with Crippen molar-refractivity contribution in [3.63, 3.8) is 0 Å². The number of amides is 2. The van der Waals surface area contributed by atoms with Gasteiger partial charge in [-0.25, -0.2) is 4.79 Å². The van der Waals surface area contributed by atoms with Crippen molar-refractivity contribution in [2.24, 2.45) is 17.3 Å². The number of hydrogen-bond donors (Lipinski definition) is 3. The number of hydrogen-bond acceptors (Lipinski definition) is 5. The van der Waals surface area contributed by atoms with Gasteiger partial charge in [-0.05, 0) is 110 Å². The lowest BCUT2D eigenvalue weighted by Crippen LogP contribution is -2.65. The fourth-order valence-electron chi connectivity index (χ4n) is 9.56. The summed E-state index contributed by atoms with van der Waals surface area (Å²) in [6, 6.07) is 14.1. The molecule has 2 aromatic carbocycles. The summed E-state index contributed by atoms with van der Waals surface area (Å²) in [5, 5.41) is 21.1. The molecule has 0 aliphatic heterocycles. The Kier molecular flexibility index (Phi) is 8.55. The maximum Gasteiger partial charge on any atom is 0.456 e. The van der Waals surface area contributed by atoms with Gasteiger partial charge < -0.3 is 20.3 Å². The topological polar surface area (TPSA) is 104 Å². The SMILES string of the molecule is Cc1noc(C)c1-c1ccc(NC(=O)NCc2ccc([C@H]3C[C@@]4(C)[C@@H](CC[C@@]4(O)C(F)(F)C(F)(F)F)[C@@H]4CCC5=CC(=O)CCC5=C43)cc2)cc1. The van der Waals surface area contributed by atoms with Gasteiger partial charge in [-0.1, -0.05) is 54.1 Å². The van der Waals surface area contributed by atoms with E-state index in [1.54, 1.807) is 30.3 Å². The Balaban J connectivity index is 1.12. The summed E-state index contributed by atoms with van der Waals surface area (Å²) < 4.78 is 77.4. The lowest BCUT2D eigenvalue weighted by atomic mass is 9.50. The molecule has 4 aliphatic carbocycles. The highest BCUT2D eigenvalue weighted by Crippen LogP contribution is 2.70. The van der Waals surface area contributed by atoms with Crippen LogP contribution < -0.4 is 10.6 Å². The number of ketones is 1. The molecule has 0 saturated heterocycles. The minimum atomic E-state index is -5.90. The maximum atomic E-state index is 15.3. The number of allylic oxidation sites excluding steroid dienone is 4. The molecule has 2 fully saturated rings. The minimum absolute atomic E-state index is 0.0277. The molecular weight excluding hydrogens is 669 g/mol. The van der Waals surface area contributed by atoms with Gasteiger partial charge in [-0.15, -0.1) is 0 Å². The van der Waals surface area contributed by atoms with E-state index in [4.69, 9.17) is 4.52 Å². The predicted octanol–water partition coefficient (Wildman–Crippen LogP) is 9.11. The molecule has 1 heterocycles. The zero-order valence-electron chi connectivity index (χ0n) is 28.6. The van der Waals surface area contributed by atoms with E-state index in [0.29, 0.717) is 37.1 Å². The highest BCUT2D eigenvalue weighted by molar-refractivity contribution is 5.93. The lowest BCUT2D eigenvalue weighted by molar-refractivity contribution is -0.362. The van der Waals surface area contributed by atoms with Crippen molar-refractivity contribution in [2.45, 2.75) is 95.9 Å². The minimum Gasteiger partial charge on any atom is -0.383 e. The van der Waals surface area contributed by atoms with E-state index < -0.39 is 47.4 Å². The normalized spacial score (nSPS) is 27.7. The summed E-state index contributed by atoms with van der Waals surface area (Å²) in [6.45, 7) is 5.28. The second-order valence-corrected chi connectivity index (χ2v) is 14.8. The van der Waals surface area contributed by atoms with Crippen LogP contribution in [0.2, 0.25) is 0 Å². The smallest absolute Gasteiger partial charge is 0.383 e. The van der Waals surface area contributed by atoms with Gasteiger partial charge >= 0.3 is 18.1 Å². The van der Waals surface area contributed by atoms with Crippen LogP contribution in [0.15, 0.2) is 75.8 Å². The van der Waals surface area contributed by atoms with Gasteiger partial charge in [-0.2, -0.15) is 22.0 Å². The highest BCUT2D eigenvalue weighted by Gasteiger charge is 2.79. The van der Waals surface area contributed by atoms with Crippen LogP contribution in [0.1, 0.15) is 80.4 Å². The third-order valence-electron chi connectivity index (χ3n) is 12.1. The Morgan fingerprint density at radius 2 is 1.71 bits per heavy atom. The van der Waals surface area contributed by atoms with Crippen molar-refractivity contribution < 1.29 is 41.2 Å². The van der Waals surface area contributed by atoms with Gasteiger partial charge in [0.15, 0.2) is 5.78 Å². The summed E-state index contributed by atoms with van der Waals surface area (Å²) in [4.78, 5) is 25.1. The highest BCUT2D eigenvalue weighted by atomic mass is 19.4. The number of fused-ring (bicyclic) bond motifs is 4. The van der Waals surface area contributed by atoms with Crippen molar-refractivity contribution in [1.29, 1.82) is 0 Å². The standard InChI is InChI=1S/C39H40F5N3O4/c1-21-33(22(2)51-47-21)25-8-11-27(12-9-25)46-35(49)45-20-23-4-6-24(7-5-23)31-19-36(3)32(16-17-37(36,50)38(40,41)39(42,43)44)30-14-10-26-18-28(48)13-15-29(26)34(30)31/h4-9,11-12,18,30-32,50H,10,13-17,19-20H2,1-3H3,(H2,45,46,49)/t30-,31+,32-,36-,37-/m0/s1. The van der Waals surface area contributed by atoms with E-state index in [2.05, 4.69) is 15.8 Å². The number of aryl methyl sites for hydroxylation is 2. The molecule has 270 valence electrons. The molecule has 7 rings (SSSR count). The molecule has 51 heavy (non-hydrogen) atoms. The van der Waals surface area contributed by atoms with E-state index in [-0.39, 0.29) is 31.1 Å². The van der Waals surface area contributed by atoms with Gasteiger partial charge in [0.25, 0.3) is 0 Å². The summed E-state index contributed by atoms with van der Waals surface area (Å²) in [7, 11) is 0. The molecule has 2 saturated carbocycles. The number of aliphatic hydroxyl groups is 1. The number of carbonyl (C=O) groups is 2. The maximum absolute atomic E-state index is 15.3. The number of nitrogens with one attached hydrogen (secondary N) is 2. The van der Waals surface area contributed by atoms with Crippen molar-refractivity contribution in [3.05, 3.63) is 93.9 Å². The van der Waals surface area contributed by atoms with E-state index in [1.807, 2.05) is 38.1 Å². The average molecular weight is 710 g/mol. The van der Waals surface area contributed by atoms with Gasteiger partial charge in [0, 0.05) is 35.5 Å². The van der Waals surface area contributed by atoms with E-state index in [9.17, 15) is 27.9 Å². The van der Waals surface area contributed by atoms with Gasteiger partial charge in [0.2, 0.25) is 0 Å². The van der Waals surface area contributed by atoms with Crippen LogP contribution in [-0.2, 0) is 11.3 Å². The quantitative estimate of drug-likeness (QED) is 0.222. The first kappa shape index (κ1) is 35.1. The second kappa shape index (κ2) is 12.4. The van der Waals surface area contributed by atoms with Crippen LogP contribution in [0.4, 0.5) is 32.4 Å². The Labute approximate surface area is 292 Å². The van der Waals surface area contributed by atoms with E-state index in [1.165, 1.54) is 6.92 Å². The third-order valence-corrected chi connectivity index (χ3v) is 12.1. The molecule has 5 atom stereocenters. The number of aromatic nitrogens is 1. The number of halogens is 5. The molecule has 2 amide bonds. The predicted molar refractivity (Wildman–Crippen MR) is 180 cm³/mol. The van der Waals surface area contributed by atoms with Gasteiger partial charge in [0.05, 0.1) is 5.69 Å². The van der Waals surface area contributed by atoms with Gasteiger partial charge in [-0.3, -0.25) is 4.79 Å². The Hall–Kier alpha value is -4.32. The number of anilines is 1. The van der Waals surface area contributed by atoms with Crippen LogP contribution in [0.25, 0.3) is 11.1 Å². The molecule has 3 N–H and O–H groups in total. The Bertz CT molecular complexity index is 1910. The average Bonchev–Trinajstić information content (AvgIpc) is 3.57. The Morgan fingerprint density at radius 1 is 1.00 bits per heavy atom. The molecule has 0 spiro atoms. The molecule has 7 nitrogen and oxygen atoms in total. The molecule has 1 aromatic heterocycles. The fraction of sp³-hybridized carbons (Fsp3) is 0.462. The number of urea groups is 1. The van der Waals surface area contributed by atoms with Gasteiger partial charge in [0.1, 0.15) is 11.4 Å². The van der Waals surface area contributed by atoms with Crippen molar-refractivity contribution in [2.75, 3.05) is 5.32 Å². The lowest BCUT2D eigenvalue weighted by Gasteiger charge is -2.56. The largest absolute Gasteiger partial charge is 0.456 e. The van der Waals surface area contributed by atoms with Crippen LogP contribution >= 0.6 is 0 Å². The van der Waals surface area contributed by atoms with Crippen LogP contribution in [0.3, 0.4) is 0 Å². The third kappa shape index (κ3) is 5.70. The summed E-state index contributed by atoms with van der Waals surface area (Å²) in [5.74, 6) is -5.96. The number of alkyl halides is 5. The van der Waals surface area contributed by atoms with Crippen molar-refractivity contribution >= 4 is 17.5 Å². The number of benzene rings is 2. The second-order valence-electron chi connectivity index (χ2n) is 14.8. The molecule has 3 aromatic rings. The van der Waals surface area contributed by atoms with E-state index >= 15 is 8.78 Å². The molecule has 0 radical (unpaired) electrons. The van der Waals surface area contributed by atoms with Crippen LogP contribution in [-0.4, -0.2) is 39.8 Å².